The Kier molecular flexibility index (Phi) is 7.11. The Morgan fingerprint density at radius 2 is 1.96 bits per heavy atom. The second kappa shape index (κ2) is 9.33. The summed E-state index contributed by atoms with van der Waals surface area (Å²) in [7, 11) is 0. The van der Waals surface area contributed by atoms with Crippen LogP contribution < -0.4 is 0 Å². The summed E-state index contributed by atoms with van der Waals surface area (Å²) in [5.74, 6) is -0.220. The molecule has 1 aliphatic heterocycles. The van der Waals surface area contributed by atoms with Crippen molar-refractivity contribution in [2.75, 3.05) is 13.2 Å². The molecule has 1 fully saturated rings. The van der Waals surface area contributed by atoms with E-state index in [1.807, 2.05) is 30.3 Å². The van der Waals surface area contributed by atoms with E-state index in [-0.39, 0.29) is 11.9 Å². The maximum Gasteiger partial charge on any atom is 0.328 e. The maximum absolute atomic E-state index is 12.5. The first-order valence-electron chi connectivity index (χ1n) is 8.72. The summed E-state index contributed by atoms with van der Waals surface area (Å²) in [5.41, 5.74) is 0.982. The van der Waals surface area contributed by atoms with Gasteiger partial charge in [-0.15, -0.1) is 0 Å². The van der Waals surface area contributed by atoms with E-state index < -0.39 is 6.04 Å². The van der Waals surface area contributed by atoms with E-state index in [0.717, 1.165) is 24.8 Å². The molecule has 1 aromatic carbocycles. The highest BCUT2D eigenvalue weighted by Gasteiger charge is 2.34. The monoisotopic (exact) mass is 317 g/mol. The van der Waals surface area contributed by atoms with Crippen LogP contribution in [0.3, 0.4) is 0 Å². The molecular formula is C19H27NO3. The fourth-order valence-electron chi connectivity index (χ4n) is 2.98. The molecule has 0 saturated carbocycles. The van der Waals surface area contributed by atoms with Crippen LogP contribution in [0.15, 0.2) is 30.3 Å². The lowest BCUT2D eigenvalue weighted by atomic mass is 10.1. The molecule has 0 spiro atoms. The Morgan fingerprint density at radius 1 is 1.17 bits per heavy atom. The Morgan fingerprint density at radius 3 is 2.70 bits per heavy atom. The number of hydrogen-bond acceptors (Lipinski definition) is 3. The molecule has 0 bridgehead atoms. The third-order valence-electron chi connectivity index (χ3n) is 4.29. The van der Waals surface area contributed by atoms with Gasteiger partial charge in [-0.05, 0) is 24.8 Å². The van der Waals surface area contributed by atoms with Gasteiger partial charge in [0.05, 0.1) is 13.0 Å². The van der Waals surface area contributed by atoms with Crippen LogP contribution in [0.25, 0.3) is 0 Å². The fraction of sp³-hybridized carbons (Fsp3) is 0.579. The van der Waals surface area contributed by atoms with E-state index in [0.29, 0.717) is 26.0 Å². The van der Waals surface area contributed by atoms with E-state index in [1.165, 1.54) is 12.8 Å². The maximum atomic E-state index is 12.5. The number of carbonyl (C=O) groups is 2. The number of amides is 1. The minimum Gasteiger partial charge on any atom is -0.464 e. The summed E-state index contributed by atoms with van der Waals surface area (Å²) in [4.78, 5) is 26.4. The van der Waals surface area contributed by atoms with Crippen LogP contribution in [0, 0.1) is 0 Å². The van der Waals surface area contributed by atoms with Gasteiger partial charge in [0.1, 0.15) is 6.04 Å². The highest BCUT2D eigenvalue weighted by Crippen LogP contribution is 2.20. The molecule has 2 rings (SSSR count). The number of esters is 1. The van der Waals surface area contributed by atoms with Crippen LogP contribution >= 0.6 is 0 Å². The van der Waals surface area contributed by atoms with Crippen molar-refractivity contribution in [2.24, 2.45) is 0 Å². The first kappa shape index (κ1) is 17.5. The molecule has 0 radical (unpaired) electrons. The third kappa shape index (κ3) is 5.38. The minimum absolute atomic E-state index is 0.0154. The zero-order valence-electron chi connectivity index (χ0n) is 14.0. The number of carbonyl (C=O) groups excluding carboxylic acids is 2. The predicted octanol–water partition coefficient (Wildman–Crippen LogP) is 3.34. The summed E-state index contributed by atoms with van der Waals surface area (Å²) in [6.45, 7) is 3.28. The topological polar surface area (TPSA) is 46.6 Å². The van der Waals surface area contributed by atoms with Gasteiger partial charge >= 0.3 is 5.97 Å². The molecule has 4 heteroatoms. The summed E-state index contributed by atoms with van der Waals surface area (Å²) < 4.78 is 5.37. The standard InChI is InChI=1S/C19H27NO3/c1-2-3-4-8-14-23-19(22)17-12-9-13-20(17)18(21)15-16-10-6-5-7-11-16/h5-7,10-11,17H,2-4,8-9,12-15H2,1H3. The largest absolute Gasteiger partial charge is 0.464 e. The highest BCUT2D eigenvalue weighted by molar-refractivity contribution is 5.86. The number of ether oxygens (including phenoxy) is 1. The van der Waals surface area contributed by atoms with Crippen molar-refractivity contribution >= 4 is 11.9 Å². The number of unbranched alkanes of at least 4 members (excludes halogenated alkanes) is 3. The van der Waals surface area contributed by atoms with Gasteiger partial charge in [-0.1, -0.05) is 56.5 Å². The van der Waals surface area contributed by atoms with Crippen molar-refractivity contribution in [3.05, 3.63) is 35.9 Å². The van der Waals surface area contributed by atoms with Crippen molar-refractivity contribution in [1.29, 1.82) is 0 Å². The van der Waals surface area contributed by atoms with Gasteiger partial charge in [0.15, 0.2) is 0 Å². The predicted molar refractivity (Wildman–Crippen MR) is 90.0 cm³/mol. The second-order valence-electron chi connectivity index (χ2n) is 6.14. The van der Waals surface area contributed by atoms with Crippen LogP contribution in [-0.4, -0.2) is 36.0 Å². The van der Waals surface area contributed by atoms with Gasteiger partial charge in [-0.25, -0.2) is 4.79 Å². The van der Waals surface area contributed by atoms with E-state index >= 15 is 0 Å². The molecule has 1 amide bonds. The molecule has 126 valence electrons. The van der Waals surface area contributed by atoms with E-state index in [2.05, 4.69) is 6.92 Å². The van der Waals surface area contributed by atoms with Gasteiger partial charge in [-0.2, -0.15) is 0 Å². The van der Waals surface area contributed by atoms with Gasteiger partial charge in [0, 0.05) is 6.54 Å². The number of hydrogen-bond donors (Lipinski definition) is 0. The van der Waals surface area contributed by atoms with Crippen LogP contribution in [-0.2, 0) is 20.7 Å². The normalized spacial score (nSPS) is 17.3. The van der Waals surface area contributed by atoms with Crippen molar-refractivity contribution in [1.82, 2.24) is 4.90 Å². The first-order valence-corrected chi connectivity index (χ1v) is 8.72. The minimum atomic E-state index is -0.391. The summed E-state index contributed by atoms with van der Waals surface area (Å²) in [5, 5.41) is 0. The molecule has 1 saturated heterocycles. The summed E-state index contributed by atoms with van der Waals surface area (Å²) in [6.07, 6.45) is 6.27. The smallest absolute Gasteiger partial charge is 0.328 e. The lowest BCUT2D eigenvalue weighted by Crippen LogP contribution is -2.42. The lowest BCUT2D eigenvalue weighted by Gasteiger charge is -2.23. The van der Waals surface area contributed by atoms with Gasteiger partial charge < -0.3 is 9.64 Å². The molecule has 4 nitrogen and oxygen atoms in total. The van der Waals surface area contributed by atoms with Crippen LogP contribution in [0.1, 0.15) is 51.0 Å². The van der Waals surface area contributed by atoms with Crippen molar-refractivity contribution in [3.63, 3.8) is 0 Å². The molecular weight excluding hydrogens is 290 g/mol. The molecule has 23 heavy (non-hydrogen) atoms. The second-order valence-corrected chi connectivity index (χ2v) is 6.14. The van der Waals surface area contributed by atoms with Crippen molar-refractivity contribution in [2.45, 2.75) is 57.9 Å². The van der Waals surface area contributed by atoms with Gasteiger partial charge in [-0.3, -0.25) is 4.79 Å². The van der Waals surface area contributed by atoms with Crippen molar-refractivity contribution in [3.8, 4) is 0 Å². The zero-order valence-corrected chi connectivity index (χ0v) is 14.0. The van der Waals surface area contributed by atoms with Gasteiger partial charge in [0.2, 0.25) is 5.91 Å². The number of rotatable bonds is 8. The van der Waals surface area contributed by atoms with E-state index in [4.69, 9.17) is 4.74 Å². The third-order valence-corrected chi connectivity index (χ3v) is 4.29. The lowest BCUT2D eigenvalue weighted by molar-refractivity contribution is -0.153. The molecule has 1 heterocycles. The van der Waals surface area contributed by atoms with E-state index in [1.54, 1.807) is 4.90 Å². The van der Waals surface area contributed by atoms with Crippen LogP contribution in [0.4, 0.5) is 0 Å². The number of benzene rings is 1. The average Bonchev–Trinajstić information content (AvgIpc) is 3.05. The molecule has 1 unspecified atom stereocenters. The molecule has 0 aromatic heterocycles. The number of likely N-dealkylation sites (tertiary alicyclic amines) is 1. The Bertz CT molecular complexity index is 501. The SMILES string of the molecule is CCCCCCOC(=O)C1CCCN1C(=O)Cc1ccccc1. The van der Waals surface area contributed by atoms with Gasteiger partial charge in [0.25, 0.3) is 0 Å². The molecule has 1 aliphatic rings. The Hall–Kier alpha value is -1.84. The first-order chi connectivity index (χ1) is 11.2. The quantitative estimate of drug-likeness (QED) is 0.546. The molecule has 0 aliphatic carbocycles. The summed E-state index contributed by atoms with van der Waals surface area (Å²) >= 11 is 0. The van der Waals surface area contributed by atoms with Crippen LogP contribution in [0.5, 0.6) is 0 Å². The number of nitrogens with zero attached hydrogens (tertiary/aromatic N) is 1. The fourth-order valence-corrected chi connectivity index (χ4v) is 2.98. The Labute approximate surface area is 138 Å². The van der Waals surface area contributed by atoms with E-state index in [9.17, 15) is 9.59 Å². The summed E-state index contributed by atoms with van der Waals surface area (Å²) in [6, 6.07) is 9.27. The Balaban J connectivity index is 1.81. The zero-order chi connectivity index (χ0) is 16.5. The molecule has 1 atom stereocenters. The molecule has 1 aromatic rings. The van der Waals surface area contributed by atoms with Crippen LogP contribution in [0.2, 0.25) is 0 Å². The highest BCUT2D eigenvalue weighted by atomic mass is 16.5. The van der Waals surface area contributed by atoms with Crippen molar-refractivity contribution < 1.29 is 14.3 Å². The average molecular weight is 317 g/mol. The molecule has 0 N–H and O–H groups in total.